The number of carbonyl (C=O) groups is 1. The van der Waals surface area contributed by atoms with Crippen molar-refractivity contribution >= 4 is 11.6 Å². The van der Waals surface area contributed by atoms with Gasteiger partial charge in [-0.15, -0.1) is 0 Å². The smallest absolute Gasteiger partial charge is 0.238 e. The lowest BCUT2D eigenvalue weighted by molar-refractivity contribution is -0.117. The number of methoxy groups -OCH3 is 1. The summed E-state index contributed by atoms with van der Waals surface area (Å²) in [7, 11) is 1.74. The van der Waals surface area contributed by atoms with E-state index >= 15 is 0 Å². The van der Waals surface area contributed by atoms with Crippen LogP contribution in [0.25, 0.3) is 0 Å². The van der Waals surface area contributed by atoms with Crippen LogP contribution < -0.4 is 5.32 Å². The summed E-state index contributed by atoms with van der Waals surface area (Å²) in [6.07, 6.45) is 2.34. The van der Waals surface area contributed by atoms with E-state index in [0.717, 1.165) is 31.8 Å². The molecule has 4 nitrogen and oxygen atoms in total. The van der Waals surface area contributed by atoms with Crippen molar-refractivity contribution in [3.05, 3.63) is 30.3 Å². The molecule has 1 aromatic carbocycles. The molecule has 1 amide bonds. The first kappa shape index (κ1) is 14.0. The fraction of sp³-hybridized carbons (Fsp3) is 0.533. The van der Waals surface area contributed by atoms with Crippen LogP contribution in [0.15, 0.2) is 30.3 Å². The van der Waals surface area contributed by atoms with Gasteiger partial charge in [-0.2, -0.15) is 0 Å². The molecule has 1 fully saturated rings. The standard InChI is InChI=1S/C15H22N2O2/c1-19-12-13-6-5-9-17(10-13)11-15(18)16-14-7-3-2-4-8-14/h2-4,7-8,13H,5-6,9-12H2,1H3,(H,16,18)/t13-/m0/s1. The summed E-state index contributed by atoms with van der Waals surface area (Å²) in [4.78, 5) is 14.2. The van der Waals surface area contributed by atoms with E-state index in [-0.39, 0.29) is 5.91 Å². The lowest BCUT2D eigenvalue weighted by Crippen LogP contribution is -2.41. The number of amides is 1. The number of piperidine rings is 1. The molecular formula is C15H22N2O2. The zero-order chi connectivity index (χ0) is 13.5. The van der Waals surface area contributed by atoms with Crippen molar-refractivity contribution in [2.24, 2.45) is 5.92 Å². The Bertz CT molecular complexity index is 392. The van der Waals surface area contributed by atoms with E-state index in [9.17, 15) is 4.79 Å². The molecule has 0 bridgehead atoms. The Kier molecular flexibility index (Phi) is 5.36. The second kappa shape index (κ2) is 7.26. The Morgan fingerprint density at radius 1 is 1.42 bits per heavy atom. The molecule has 1 aliphatic heterocycles. The number of hydrogen-bond acceptors (Lipinski definition) is 3. The van der Waals surface area contributed by atoms with E-state index in [0.29, 0.717) is 12.5 Å². The van der Waals surface area contributed by atoms with Crippen LogP contribution in [-0.2, 0) is 9.53 Å². The predicted octanol–water partition coefficient (Wildman–Crippen LogP) is 1.98. The van der Waals surface area contributed by atoms with Crippen LogP contribution in [0.4, 0.5) is 5.69 Å². The lowest BCUT2D eigenvalue weighted by Gasteiger charge is -2.31. The van der Waals surface area contributed by atoms with E-state index in [1.165, 1.54) is 6.42 Å². The van der Waals surface area contributed by atoms with Gasteiger partial charge >= 0.3 is 0 Å². The molecule has 0 unspecified atom stereocenters. The summed E-state index contributed by atoms with van der Waals surface area (Å²) in [5, 5.41) is 2.92. The molecule has 19 heavy (non-hydrogen) atoms. The zero-order valence-electron chi connectivity index (χ0n) is 11.5. The van der Waals surface area contributed by atoms with Gasteiger partial charge < -0.3 is 10.1 Å². The summed E-state index contributed by atoms with van der Waals surface area (Å²) in [5.74, 6) is 0.618. The van der Waals surface area contributed by atoms with Crippen molar-refractivity contribution in [3.63, 3.8) is 0 Å². The van der Waals surface area contributed by atoms with Crippen LogP contribution in [-0.4, -0.2) is 44.2 Å². The summed E-state index contributed by atoms with van der Waals surface area (Å²) < 4.78 is 5.20. The van der Waals surface area contributed by atoms with Crippen molar-refractivity contribution in [3.8, 4) is 0 Å². The second-order valence-electron chi connectivity index (χ2n) is 5.11. The summed E-state index contributed by atoms with van der Waals surface area (Å²) in [6, 6.07) is 9.59. The zero-order valence-corrected chi connectivity index (χ0v) is 11.5. The Morgan fingerprint density at radius 2 is 2.21 bits per heavy atom. The minimum absolute atomic E-state index is 0.0595. The molecule has 0 saturated carbocycles. The molecule has 0 radical (unpaired) electrons. The highest BCUT2D eigenvalue weighted by Gasteiger charge is 2.21. The molecule has 104 valence electrons. The maximum Gasteiger partial charge on any atom is 0.238 e. The Labute approximate surface area is 114 Å². The molecule has 1 atom stereocenters. The number of nitrogens with one attached hydrogen (secondary N) is 1. The van der Waals surface area contributed by atoms with Crippen molar-refractivity contribution in [2.45, 2.75) is 12.8 Å². The average Bonchev–Trinajstić information content (AvgIpc) is 2.40. The van der Waals surface area contributed by atoms with Crippen molar-refractivity contribution in [1.29, 1.82) is 0 Å². The van der Waals surface area contributed by atoms with Gasteiger partial charge in [0.2, 0.25) is 5.91 Å². The third-order valence-corrected chi connectivity index (χ3v) is 3.43. The third kappa shape index (κ3) is 4.65. The van der Waals surface area contributed by atoms with Crippen LogP contribution in [0.5, 0.6) is 0 Å². The number of ether oxygens (including phenoxy) is 1. The first-order valence-electron chi connectivity index (χ1n) is 6.84. The van der Waals surface area contributed by atoms with Crippen LogP contribution in [0.1, 0.15) is 12.8 Å². The van der Waals surface area contributed by atoms with Gasteiger partial charge in [0, 0.05) is 19.3 Å². The Morgan fingerprint density at radius 3 is 2.95 bits per heavy atom. The molecule has 2 rings (SSSR count). The summed E-state index contributed by atoms with van der Waals surface area (Å²) in [5.41, 5.74) is 0.859. The third-order valence-electron chi connectivity index (χ3n) is 3.43. The maximum atomic E-state index is 12.0. The van der Waals surface area contributed by atoms with Gasteiger partial charge in [-0.05, 0) is 37.4 Å². The summed E-state index contributed by atoms with van der Waals surface area (Å²) >= 11 is 0. The molecule has 0 aliphatic carbocycles. The number of likely N-dealkylation sites (tertiary alicyclic amines) is 1. The number of hydrogen-bond donors (Lipinski definition) is 1. The molecule has 0 aromatic heterocycles. The number of rotatable bonds is 5. The number of benzene rings is 1. The second-order valence-corrected chi connectivity index (χ2v) is 5.11. The molecule has 1 aliphatic rings. The van der Waals surface area contributed by atoms with Crippen molar-refractivity contribution < 1.29 is 9.53 Å². The predicted molar refractivity (Wildman–Crippen MR) is 76.1 cm³/mol. The van der Waals surface area contributed by atoms with Crippen molar-refractivity contribution in [1.82, 2.24) is 4.90 Å². The highest BCUT2D eigenvalue weighted by molar-refractivity contribution is 5.92. The molecule has 4 heteroatoms. The molecule has 1 heterocycles. The molecule has 1 N–H and O–H groups in total. The van der Waals surface area contributed by atoms with Gasteiger partial charge in [-0.25, -0.2) is 0 Å². The Hall–Kier alpha value is -1.39. The van der Waals surface area contributed by atoms with Crippen LogP contribution in [0.3, 0.4) is 0 Å². The fourth-order valence-corrected chi connectivity index (χ4v) is 2.59. The number of nitrogens with zero attached hydrogens (tertiary/aromatic N) is 1. The largest absolute Gasteiger partial charge is 0.384 e. The molecule has 1 aromatic rings. The minimum Gasteiger partial charge on any atom is -0.384 e. The van der Waals surface area contributed by atoms with Crippen LogP contribution in [0.2, 0.25) is 0 Å². The average molecular weight is 262 g/mol. The molecule has 0 spiro atoms. The SMILES string of the molecule is COC[C@H]1CCCN(CC(=O)Nc2ccccc2)C1. The number of anilines is 1. The lowest BCUT2D eigenvalue weighted by atomic mass is 9.99. The first-order valence-corrected chi connectivity index (χ1v) is 6.84. The van der Waals surface area contributed by atoms with E-state index < -0.39 is 0 Å². The number of carbonyl (C=O) groups excluding carboxylic acids is 1. The topological polar surface area (TPSA) is 41.6 Å². The number of para-hydroxylation sites is 1. The minimum atomic E-state index is 0.0595. The summed E-state index contributed by atoms with van der Waals surface area (Å²) in [6.45, 7) is 3.21. The van der Waals surface area contributed by atoms with Gasteiger partial charge in [-0.3, -0.25) is 9.69 Å². The monoisotopic (exact) mass is 262 g/mol. The highest BCUT2D eigenvalue weighted by atomic mass is 16.5. The van der Waals surface area contributed by atoms with E-state index in [1.54, 1.807) is 7.11 Å². The molecular weight excluding hydrogens is 240 g/mol. The van der Waals surface area contributed by atoms with Crippen LogP contribution in [0, 0.1) is 5.92 Å². The molecule has 1 saturated heterocycles. The van der Waals surface area contributed by atoms with Crippen molar-refractivity contribution in [2.75, 3.05) is 38.7 Å². The first-order chi connectivity index (χ1) is 9.28. The fourth-order valence-electron chi connectivity index (χ4n) is 2.59. The Balaban J connectivity index is 1.78. The van der Waals surface area contributed by atoms with Gasteiger partial charge in [0.15, 0.2) is 0 Å². The maximum absolute atomic E-state index is 12.0. The van der Waals surface area contributed by atoms with Gasteiger partial charge in [-0.1, -0.05) is 18.2 Å². The van der Waals surface area contributed by atoms with E-state index in [4.69, 9.17) is 4.74 Å². The van der Waals surface area contributed by atoms with Gasteiger partial charge in [0.25, 0.3) is 0 Å². The van der Waals surface area contributed by atoms with E-state index in [2.05, 4.69) is 10.2 Å². The van der Waals surface area contributed by atoms with E-state index in [1.807, 2.05) is 30.3 Å². The normalized spacial score (nSPS) is 20.2. The highest BCUT2D eigenvalue weighted by Crippen LogP contribution is 2.16. The van der Waals surface area contributed by atoms with Gasteiger partial charge in [0.05, 0.1) is 13.2 Å². The van der Waals surface area contributed by atoms with Crippen LogP contribution >= 0.6 is 0 Å². The van der Waals surface area contributed by atoms with Gasteiger partial charge in [0.1, 0.15) is 0 Å². The quantitative estimate of drug-likeness (QED) is 0.882.